The summed E-state index contributed by atoms with van der Waals surface area (Å²) in [6, 6.07) is 9.47. The first-order chi connectivity index (χ1) is 9.81. The number of hydrogen-bond donors (Lipinski definition) is 1. The van der Waals surface area contributed by atoms with Gasteiger partial charge in [-0.15, -0.1) is 0 Å². The normalized spacial score (nSPS) is 25.0. The molecule has 1 aliphatic carbocycles. The van der Waals surface area contributed by atoms with Crippen molar-refractivity contribution >= 4 is 0 Å². The number of likely N-dealkylation sites (tertiary alicyclic amines) is 1. The van der Waals surface area contributed by atoms with Crippen LogP contribution >= 0.6 is 0 Å². The zero-order valence-corrected chi connectivity index (χ0v) is 12.4. The second-order valence-electron chi connectivity index (χ2n) is 6.30. The Hall–Kier alpha value is -0.900. The molecule has 110 valence electrons. The highest BCUT2D eigenvalue weighted by atomic mass is 16.5. The number of methoxy groups -OCH3 is 1. The maximum atomic E-state index is 6.07. The number of hydrogen-bond acceptors (Lipinski definition) is 3. The molecular weight excluding hydrogens is 248 g/mol. The summed E-state index contributed by atoms with van der Waals surface area (Å²) in [7, 11) is 1.79. The maximum Gasteiger partial charge on any atom is 0.0503 e. The molecule has 1 aromatic carbocycles. The van der Waals surface area contributed by atoms with Gasteiger partial charge < -0.3 is 10.5 Å². The summed E-state index contributed by atoms with van der Waals surface area (Å²) < 4.78 is 5.29. The molecule has 3 nitrogen and oxygen atoms in total. The molecular formula is C17H26N2O. The van der Waals surface area contributed by atoms with Gasteiger partial charge in [0.1, 0.15) is 0 Å². The average molecular weight is 274 g/mol. The van der Waals surface area contributed by atoms with E-state index in [2.05, 4.69) is 29.2 Å². The lowest BCUT2D eigenvalue weighted by atomic mass is 10.0. The highest BCUT2D eigenvalue weighted by Crippen LogP contribution is 2.41. The zero-order valence-electron chi connectivity index (χ0n) is 12.4. The molecule has 2 unspecified atom stereocenters. The highest BCUT2D eigenvalue weighted by molar-refractivity contribution is 5.31. The fourth-order valence-corrected chi connectivity index (χ4v) is 3.45. The number of nitrogens with two attached hydrogens (primary N) is 1. The summed E-state index contributed by atoms with van der Waals surface area (Å²) in [6.45, 7) is 3.83. The molecule has 2 fully saturated rings. The Labute approximate surface area is 122 Å². The molecule has 0 aromatic heterocycles. The van der Waals surface area contributed by atoms with Crippen LogP contribution in [-0.2, 0) is 4.74 Å². The van der Waals surface area contributed by atoms with Crippen molar-refractivity contribution in [3.05, 3.63) is 35.4 Å². The summed E-state index contributed by atoms with van der Waals surface area (Å²) in [5, 5.41) is 0. The molecule has 2 aliphatic rings. The fourth-order valence-electron chi connectivity index (χ4n) is 3.45. The molecule has 0 bridgehead atoms. The minimum absolute atomic E-state index is 0.371. The van der Waals surface area contributed by atoms with E-state index in [1.165, 1.54) is 30.4 Å². The molecule has 20 heavy (non-hydrogen) atoms. The molecule has 0 amide bonds. The summed E-state index contributed by atoms with van der Waals surface area (Å²) in [6.07, 6.45) is 3.94. The standard InChI is InChI=1S/C17H26N2O/c1-20-12-13-7-8-19(11-13)17(10-18)16-4-2-3-15(9-16)14-5-6-14/h2-4,9,13-14,17H,5-8,10-12,18H2,1H3. The minimum Gasteiger partial charge on any atom is -0.384 e. The van der Waals surface area contributed by atoms with Crippen molar-refractivity contribution in [2.75, 3.05) is 33.4 Å². The first kappa shape index (κ1) is 14.1. The fraction of sp³-hybridized carbons (Fsp3) is 0.647. The van der Waals surface area contributed by atoms with Crippen molar-refractivity contribution in [3.8, 4) is 0 Å². The summed E-state index contributed by atoms with van der Waals surface area (Å²) in [5.74, 6) is 1.48. The smallest absolute Gasteiger partial charge is 0.0503 e. The zero-order chi connectivity index (χ0) is 13.9. The van der Waals surface area contributed by atoms with Crippen LogP contribution in [0.25, 0.3) is 0 Å². The van der Waals surface area contributed by atoms with Gasteiger partial charge in [-0.1, -0.05) is 24.3 Å². The monoisotopic (exact) mass is 274 g/mol. The maximum absolute atomic E-state index is 6.07. The second kappa shape index (κ2) is 6.25. The highest BCUT2D eigenvalue weighted by Gasteiger charge is 2.29. The van der Waals surface area contributed by atoms with Crippen molar-refractivity contribution in [2.45, 2.75) is 31.2 Å². The first-order valence-corrected chi connectivity index (χ1v) is 7.84. The van der Waals surface area contributed by atoms with Crippen LogP contribution in [0, 0.1) is 5.92 Å². The van der Waals surface area contributed by atoms with Crippen molar-refractivity contribution in [1.82, 2.24) is 4.90 Å². The Balaban J connectivity index is 1.71. The molecule has 3 heteroatoms. The molecule has 1 heterocycles. The van der Waals surface area contributed by atoms with Crippen molar-refractivity contribution in [2.24, 2.45) is 11.7 Å². The van der Waals surface area contributed by atoms with Crippen LogP contribution in [0.4, 0.5) is 0 Å². The quantitative estimate of drug-likeness (QED) is 0.866. The number of ether oxygens (including phenoxy) is 1. The Morgan fingerprint density at radius 2 is 2.20 bits per heavy atom. The van der Waals surface area contributed by atoms with Gasteiger partial charge in [0.25, 0.3) is 0 Å². The van der Waals surface area contributed by atoms with Gasteiger partial charge in [0, 0.05) is 26.2 Å². The lowest BCUT2D eigenvalue weighted by Crippen LogP contribution is -2.32. The molecule has 1 saturated carbocycles. The molecule has 2 N–H and O–H groups in total. The van der Waals surface area contributed by atoms with Gasteiger partial charge in [0.2, 0.25) is 0 Å². The molecule has 1 aromatic rings. The van der Waals surface area contributed by atoms with Crippen molar-refractivity contribution in [3.63, 3.8) is 0 Å². The summed E-state index contributed by atoms with van der Waals surface area (Å²) in [5.41, 5.74) is 8.98. The Bertz CT molecular complexity index is 444. The van der Waals surface area contributed by atoms with Gasteiger partial charge in [-0.3, -0.25) is 4.90 Å². The van der Waals surface area contributed by atoms with E-state index in [4.69, 9.17) is 10.5 Å². The Morgan fingerprint density at radius 1 is 1.35 bits per heavy atom. The van der Waals surface area contributed by atoms with Gasteiger partial charge in [-0.25, -0.2) is 0 Å². The van der Waals surface area contributed by atoms with Gasteiger partial charge in [0.15, 0.2) is 0 Å². The summed E-state index contributed by atoms with van der Waals surface area (Å²) in [4.78, 5) is 2.54. The van der Waals surface area contributed by atoms with Gasteiger partial charge in [0.05, 0.1) is 6.61 Å². The number of nitrogens with zero attached hydrogens (tertiary/aromatic N) is 1. The van der Waals surface area contributed by atoms with Gasteiger partial charge in [-0.05, 0) is 48.8 Å². The predicted molar refractivity (Wildman–Crippen MR) is 81.8 cm³/mol. The van der Waals surface area contributed by atoms with Crippen molar-refractivity contribution in [1.29, 1.82) is 0 Å². The van der Waals surface area contributed by atoms with Crippen LogP contribution in [-0.4, -0.2) is 38.3 Å². The lowest BCUT2D eigenvalue weighted by Gasteiger charge is -2.27. The van der Waals surface area contributed by atoms with Gasteiger partial charge in [-0.2, -0.15) is 0 Å². The van der Waals surface area contributed by atoms with Crippen LogP contribution in [0.3, 0.4) is 0 Å². The summed E-state index contributed by atoms with van der Waals surface area (Å²) >= 11 is 0. The molecule has 1 saturated heterocycles. The lowest BCUT2D eigenvalue weighted by molar-refractivity contribution is 0.147. The third-order valence-electron chi connectivity index (χ3n) is 4.73. The van der Waals surface area contributed by atoms with Crippen LogP contribution in [0.2, 0.25) is 0 Å². The SMILES string of the molecule is COCC1CCN(C(CN)c2cccc(C3CC3)c2)C1. The van der Waals surface area contributed by atoms with Crippen molar-refractivity contribution < 1.29 is 4.74 Å². The number of benzene rings is 1. The van der Waals surface area contributed by atoms with Crippen LogP contribution in [0.5, 0.6) is 0 Å². The van der Waals surface area contributed by atoms with E-state index in [-0.39, 0.29) is 0 Å². The predicted octanol–water partition coefficient (Wildman–Crippen LogP) is 2.53. The van der Waals surface area contributed by atoms with E-state index in [0.29, 0.717) is 18.5 Å². The van der Waals surface area contributed by atoms with E-state index >= 15 is 0 Å². The second-order valence-corrected chi connectivity index (χ2v) is 6.30. The van der Waals surface area contributed by atoms with E-state index in [0.717, 1.165) is 25.6 Å². The van der Waals surface area contributed by atoms with E-state index in [1.807, 2.05) is 0 Å². The van der Waals surface area contributed by atoms with Crippen LogP contribution < -0.4 is 5.73 Å². The van der Waals surface area contributed by atoms with E-state index < -0.39 is 0 Å². The minimum atomic E-state index is 0.371. The topological polar surface area (TPSA) is 38.5 Å². The molecule has 2 atom stereocenters. The molecule has 3 rings (SSSR count). The first-order valence-electron chi connectivity index (χ1n) is 7.84. The van der Waals surface area contributed by atoms with E-state index in [1.54, 1.807) is 7.11 Å². The molecule has 1 aliphatic heterocycles. The molecule has 0 spiro atoms. The van der Waals surface area contributed by atoms with Crippen LogP contribution in [0.15, 0.2) is 24.3 Å². The Morgan fingerprint density at radius 3 is 2.90 bits per heavy atom. The Kier molecular flexibility index (Phi) is 4.39. The third kappa shape index (κ3) is 3.05. The largest absolute Gasteiger partial charge is 0.384 e. The molecule has 0 radical (unpaired) electrons. The van der Waals surface area contributed by atoms with Gasteiger partial charge >= 0.3 is 0 Å². The van der Waals surface area contributed by atoms with Crippen LogP contribution in [0.1, 0.15) is 42.3 Å². The van der Waals surface area contributed by atoms with E-state index in [9.17, 15) is 0 Å². The third-order valence-corrected chi connectivity index (χ3v) is 4.73. The average Bonchev–Trinajstić information content (AvgIpc) is 3.22. The number of rotatable bonds is 6.